The lowest BCUT2D eigenvalue weighted by Crippen LogP contribution is -2.12. The summed E-state index contributed by atoms with van der Waals surface area (Å²) in [6.45, 7) is 5.01. The monoisotopic (exact) mass is 246 g/mol. The predicted molar refractivity (Wildman–Crippen MR) is 69.3 cm³/mol. The molecule has 0 N–H and O–H groups in total. The van der Waals surface area contributed by atoms with E-state index in [1.54, 1.807) is 7.11 Å². The van der Waals surface area contributed by atoms with Crippen LogP contribution in [0.15, 0.2) is 18.5 Å². The first-order chi connectivity index (χ1) is 8.70. The molecule has 4 heteroatoms. The maximum Gasteiger partial charge on any atom is 0.144 e. The molecule has 1 aliphatic heterocycles. The van der Waals surface area contributed by atoms with Crippen LogP contribution in [0.4, 0.5) is 0 Å². The molecule has 2 atom stereocenters. The minimum absolute atomic E-state index is 0.238. The Morgan fingerprint density at radius 2 is 2.33 bits per heavy atom. The summed E-state index contributed by atoms with van der Waals surface area (Å²) >= 11 is 0. The van der Waals surface area contributed by atoms with Gasteiger partial charge in [-0.15, -0.1) is 0 Å². The topological polar surface area (TPSA) is 35.8 Å². The first-order valence-electron chi connectivity index (χ1n) is 6.34. The summed E-state index contributed by atoms with van der Waals surface area (Å²) in [5.41, 5.74) is 2.20. The van der Waals surface area contributed by atoms with Crippen molar-refractivity contribution in [1.29, 1.82) is 0 Å². The van der Waals surface area contributed by atoms with Gasteiger partial charge in [0.05, 0.1) is 19.4 Å². The van der Waals surface area contributed by atoms with Gasteiger partial charge in [-0.2, -0.15) is 0 Å². The Labute approximate surface area is 107 Å². The normalized spacial score (nSPS) is 23.7. The molecule has 0 aromatic carbocycles. The van der Waals surface area contributed by atoms with Crippen molar-refractivity contribution >= 4 is 5.52 Å². The molecule has 3 rings (SSSR count). The van der Waals surface area contributed by atoms with Gasteiger partial charge in [0, 0.05) is 18.7 Å². The van der Waals surface area contributed by atoms with Crippen molar-refractivity contribution in [2.24, 2.45) is 0 Å². The second kappa shape index (κ2) is 4.28. The summed E-state index contributed by atoms with van der Waals surface area (Å²) in [7, 11) is 1.70. The second-order valence-electron chi connectivity index (χ2n) is 4.93. The largest absolute Gasteiger partial charge is 0.494 e. The van der Waals surface area contributed by atoms with Gasteiger partial charge in [0.2, 0.25) is 0 Å². The Hall–Kier alpha value is -1.55. The zero-order valence-corrected chi connectivity index (χ0v) is 11.0. The van der Waals surface area contributed by atoms with Gasteiger partial charge in [-0.05, 0) is 31.9 Å². The molecule has 0 bridgehead atoms. The molecule has 2 unspecified atom stereocenters. The minimum atomic E-state index is 0.238. The van der Waals surface area contributed by atoms with Crippen LogP contribution < -0.4 is 4.74 Å². The average molecular weight is 246 g/mol. The Balaban J connectivity index is 2.16. The molecular weight excluding hydrogens is 228 g/mol. The van der Waals surface area contributed by atoms with Crippen LogP contribution in [0, 0.1) is 6.92 Å². The fraction of sp³-hybridized carbons (Fsp3) is 0.500. The van der Waals surface area contributed by atoms with Crippen LogP contribution in [0.3, 0.4) is 0 Å². The van der Waals surface area contributed by atoms with E-state index in [0.29, 0.717) is 5.92 Å². The number of imidazole rings is 1. The molecule has 18 heavy (non-hydrogen) atoms. The number of methoxy groups -OCH3 is 1. The van der Waals surface area contributed by atoms with Gasteiger partial charge in [-0.1, -0.05) is 0 Å². The Kier molecular flexibility index (Phi) is 2.74. The number of aromatic nitrogens is 2. The van der Waals surface area contributed by atoms with E-state index >= 15 is 0 Å². The van der Waals surface area contributed by atoms with Gasteiger partial charge < -0.3 is 9.47 Å². The molecule has 0 saturated carbocycles. The maximum atomic E-state index is 5.64. The van der Waals surface area contributed by atoms with Crippen LogP contribution in [0.5, 0.6) is 5.75 Å². The summed E-state index contributed by atoms with van der Waals surface area (Å²) in [6, 6.07) is 2.04. The Bertz CT molecular complexity index is 576. The lowest BCUT2D eigenvalue weighted by molar-refractivity contribution is 0.117. The van der Waals surface area contributed by atoms with E-state index < -0.39 is 0 Å². The zero-order valence-electron chi connectivity index (χ0n) is 11.0. The first-order valence-corrected chi connectivity index (χ1v) is 6.34. The summed E-state index contributed by atoms with van der Waals surface area (Å²) < 4.78 is 13.2. The number of aryl methyl sites for hydroxylation is 1. The highest BCUT2D eigenvalue weighted by molar-refractivity contribution is 5.60. The van der Waals surface area contributed by atoms with Crippen molar-refractivity contribution in [3.63, 3.8) is 0 Å². The molecule has 0 aliphatic carbocycles. The van der Waals surface area contributed by atoms with Gasteiger partial charge in [0.1, 0.15) is 17.1 Å². The number of pyridine rings is 1. The number of hydrogen-bond donors (Lipinski definition) is 0. The van der Waals surface area contributed by atoms with Crippen molar-refractivity contribution in [3.8, 4) is 5.75 Å². The van der Waals surface area contributed by atoms with Gasteiger partial charge in [0.15, 0.2) is 0 Å². The van der Waals surface area contributed by atoms with Crippen LogP contribution in [0.2, 0.25) is 0 Å². The fourth-order valence-corrected chi connectivity index (χ4v) is 2.72. The predicted octanol–water partition coefficient (Wildman–Crippen LogP) is 2.54. The first kappa shape index (κ1) is 11.5. The molecule has 1 saturated heterocycles. The third-order valence-electron chi connectivity index (χ3n) is 3.70. The molecule has 96 valence electrons. The van der Waals surface area contributed by atoms with Crippen LogP contribution in [-0.2, 0) is 4.74 Å². The molecule has 4 nitrogen and oxygen atoms in total. The number of hydrogen-bond acceptors (Lipinski definition) is 3. The zero-order chi connectivity index (χ0) is 12.7. The average Bonchev–Trinajstić information content (AvgIpc) is 2.93. The van der Waals surface area contributed by atoms with Crippen LogP contribution in [0.25, 0.3) is 5.52 Å². The molecule has 2 aromatic heterocycles. The fourth-order valence-electron chi connectivity index (χ4n) is 2.72. The van der Waals surface area contributed by atoms with Crippen LogP contribution in [-0.4, -0.2) is 29.2 Å². The summed E-state index contributed by atoms with van der Waals surface area (Å²) in [5, 5.41) is 0. The standard InChI is InChI=1S/C14H18N2O2/c1-9-6-13(17-3)12-7-15-14(16(12)8-9)11-4-5-18-10(11)2/h6-8,10-11H,4-5H2,1-3H3. The van der Waals surface area contributed by atoms with Crippen LogP contribution >= 0.6 is 0 Å². The third kappa shape index (κ3) is 1.68. The maximum absolute atomic E-state index is 5.64. The van der Waals surface area contributed by atoms with Gasteiger partial charge in [-0.3, -0.25) is 4.40 Å². The highest BCUT2D eigenvalue weighted by Gasteiger charge is 2.29. The van der Waals surface area contributed by atoms with Crippen molar-refractivity contribution in [2.75, 3.05) is 13.7 Å². The lowest BCUT2D eigenvalue weighted by Gasteiger charge is -2.14. The molecular formula is C14H18N2O2. The number of fused-ring (bicyclic) bond motifs is 1. The lowest BCUT2D eigenvalue weighted by atomic mass is 10.0. The molecule has 0 radical (unpaired) electrons. The van der Waals surface area contributed by atoms with Crippen molar-refractivity contribution in [2.45, 2.75) is 32.3 Å². The highest BCUT2D eigenvalue weighted by atomic mass is 16.5. The van der Waals surface area contributed by atoms with E-state index in [9.17, 15) is 0 Å². The van der Waals surface area contributed by atoms with Crippen molar-refractivity contribution in [1.82, 2.24) is 9.38 Å². The van der Waals surface area contributed by atoms with Crippen LogP contribution in [0.1, 0.15) is 30.7 Å². The second-order valence-corrected chi connectivity index (χ2v) is 4.93. The SMILES string of the molecule is COc1cc(C)cn2c(C3CCOC3C)ncc12. The van der Waals surface area contributed by atoms with Gasteiger partial charge in [-0.25, -0.2) is 4.98 Å². The molecule has 1 fully saturated rings. The number of nitrogens with zero attached hydrogens (tertiary/aromatic N) is 2. The molecule has 2 aromatic rings. The number of ether oxygens (including phenoxy) is 2. The quantitative estimate of drug-likeness (QED) is 0.817. The van der Waals surface area contributed by atoms with E-state index in [0.717, 1.165) is 30.1 Å². The summed E-state index contributed by atoms with van der Waals surface area (Å²) in [4.78, 5) is 4.58. The number of rotatable bonds is 2. The molecule has 0 spiro atoms. The third-order valence-corrected chi connectivity index (χ3v) is 3.70. The molecule has 0 amide bonds. The van der Waals surface area contributed by atoms with Gasteiger partial charge in [0.25, 0.3) is 0 Å². The van der Waals surface area contributed by atoms with E-state index in [1.165, 1.54) is 5.56 Å². The Morgan fingerprint density at radius 3 is 3.00 bits per heavy atom. The smallest absolute Gasteiger partial charge is 0.144 e. The molecule has 3 heterocycles. The van der Waals surface area contributed by atoms with Crippen molar-refractivity contribution < 1.29 is 9.47 Å². The van der Waals surface area contributed by atoms with Crippen molar-refractivity contribution in [3.05, 3.63) is 29.8 Å². The van der Waals surface area contributed by atoms with E-state index in [2.05, 4.69) is 29.4 Å². The highest BCUT2D eigenvalue weighted by Crippen LogP contribution is 2.32. The van der Waals surface area contributed by atoms with E-state index in [1.807, 2.05) is 12.3 Å². The van der Waals surface area contributed by atoms with E-state index in [4.69, 9.17) is 9.47 Å². The molecule has 1 aliphatic rings. The summed E-state index contributed by atoms with van der Waals surface area (Å²) in [6.07, 6.45) is 5.28. The van der Waals surface area contributed by atoms with Gasteiger partial charge >= 0.3 is 0 Å². The summed E-state index contributed by atoms with van der Waals surface area (Å²) in [5.74, 6) is 2.33. The van der Waals surface area contributed by atoms with E-state index in [-0.39, 0.29) is 6.10 Å². The minimum Gasteiger partial charge on any atom is -0.494 e. The Morgan fingerprint density at radius 1 is 1.50 bits per heavy atom.